The lowest BCUT2D eigenvalue weighted by atomic mass is 10.2. The van der Waals surface area contributed by atoms with E-state index in [0.29, 0.717) is 18.3 Å². The van der Waals surface area contributed by atoms with Crippen molar-refractivity contribution < 1.29 is 18.7 Å². The number of hydrogen-bond donors (Lipinski definition) is 1. The molecule has 0 saturated carbocycles. The molecule has 0 radical (unpaired) electrons. The Bertz CT molecular complexity index is 656. The van der Waals surface area contributed by atoms with Gasteiger partial charge in [-0.1, -0.05) is 23.5 Å². The Labute approximate surface area is 131 Å². The molecule has 1 aliphatic rings. The standard InChI is InChI=1S/C15H15FN2O3S/c16-11-4-1-3-10(7-11)12-9-17-15(22-12)18-13(19)8-14-20-5-2-6-21-14/h1,3-4,7,9,14H,2,5-6,8H2,(H,17,18,19). The first-order valence-corrected chi connectivity index (χ1v) is 7.77. The number of nitrogens with one attached hydrogen (secondary N) is 1. The zero-order chi connectivity index (χ0) is 15.4. The molecule has 1 amide bonds. The Hall–Kier alpha value is -1.83. The molecule has 2 heterocycles. The van der Waals surface area contributed by atoms with Crippen LogP contribution in [-0.2, 0) is 14.3 Å². The minimum Gasteiger partial charge on any atom is -0.352 e. The van der Waals surface area contributed by atoms with Gasteiger partial charge in [-0.25, -0.2) is 9.37 Å². The average molecular weight is 322 g/mol. The van der Waals surface area contributed by atoms with Crippen LogP contribution in [0.1, 0.15) is 12.8 Å². The van der Waals surface area contributed by atoms with E-state index in [9.17, 15) is 9.18 Å². The smallest absolute Gasteiger partial charge is 0.231 e. The van der Waals surface area contributed by atoms with Crippen LogP contribution in [0.5, 0.6) is 0 Å². The number of hydrogen-bond acceptors (Lipinski definition) is 5. The van der Waals surface area contributed by atoms with Crippen LogP contribution in [0.15, 0.2) is 30.5 Å². The first kappa shape index (κ1) is 15.1. The Kier molecular flexibility index (Phi) is 4.77. The summed E-state index contributed by atoms with van der Waals surface area (Å²) in [6, 6.07) is 6.26. The van der Waals surface area contributed by atoms with Crippen LogP contribution in [-0.4, -0.2) is 30.4 Å². The van der Waals surface area contributed by atoms with Crippen LogP contribution in [0.25, 0.3) is 10.4 Å². The van der Waals surface area contributed by atoms with E-state index in [0.717, 1.165) is 16.9 Å². The van der Waals surface area contributed by atoms with Gasteiger partial charge in [0.05, 0.1) is 24.5 Å². The number of nitrogens with zero attached hydrogens (tertiary/aromatic N) is 1. The largest absolute Gasteiger partial charge is 0.352 e. The number of aromatic nitrogens is 1. The van der Waals surface area contributed by atoms with Gasteiger partial charge in [0.15, 0.2) is 11.4 Å². The third-order valence-corrected chi connectivity index (χ3v) is 4.07. The lowest BCUT2D eigenvalue weighted by molar-refractivity contribution is -0.182. The number of benzene rings is 1. The van der Waals surface area contributed by atoms with Gasteiger partial charge in [0, 0.05) is 6.20 Å². The molecule has 3 rings (SSSR count). The second-order valence-corrected chi connectivity index (χ2v) is 5.85. The Morgan fingerprint density at radius 2 is 2.23 bits per heavy atom. The van der Waals surface area contributed by atoms with Crippen molar-refractivity contribution in [2.24, 2.45) is 0 Å². The first-order valence-electron chi connectivity index (χ1n) is 6.95. The Morgan fingerprint density at radius 1 is 1.41 bits per heavy atom. The monoisotopic (exact) mass is 322 g/mol. The van der Waals surface area contributed by atoms with Crippen LogP contribution in [0.2, 0.25) is 0 Å². The highest BCUT2D eigenvalue weighted by molar-refractivity contribution is 7.19. The van der Waals surface area contributed by atoms with Gasteiger partial charge in [0.2, 0.25) is 5.91 Å². The summed E-state index contributed by atoms with van der Waals surface area (Å²) in [5.41, 5.74) is 0.733. The van der Waals surface area contributed by atoms with E-state index < -0.39 is 6.29 Å². The van der Waals surface area contributed by atoms with Crippen LogP contribution >= 0.6 is 11.3 Å². The zero-order valence-corrected chi connectivity index (χ0v) is 12.6. The molecule has 0 bridgehead atoms. The summed E-state index contributed by atoms with van der Waals surface area (Å²) in [7, 11) is 0. The fourth-order valence-corrected chi connectivity index (χ4v) is 2.91. The predicted octanol–water partition coefficient (Wildman–Crippen LogP) is 3.04. The first-order chi connectivity index (χ1) is 10.7. The quantitative estimate of drug-likeness (QED) is 0.940. The van der Waals surface area contributed by atoms with E-state index in [1.165, 1.54) is 23.5 Å². The van der Waals surface area contributed by atoms with E-state index in [4.69, 9.17) is 9.47 Å². The lowest BCUT2D eigenvalue weighted by Crippen LogP contribution is -2.29. The van der Waals surface area contributed by atoms with Gasteiger partial charge < -0.3 is 14.8 Å². The number of amides is 1. The summed E-state index contributed by atoms with van der Waals surface area (Å²) < 4.78 is 23.9. The van der Waals surface area contributed by atoms with Gasteiger partial charge in [-0.2, -0.15) is 0 Å². The number of carbonyl (C=O) groups is 1. The predicted molar refractivity (Wildman–Crippen MR) is 81.1 cm³/mol. The molecule has 0 aliphatic carbocycles. The van der Waals surface area contributed by atoms with Crippen molar-refractivity contribution in [2.75, 3.05) is 18.5 Å². The number of rotatable bonds is 4. The second kappa shape index (κ2) is 6.95. The normalized spacial score (nSPS) is 15.7. The van der Waals surface area contributed by atoms with Crippen molar-refractivity contribution in [1.29, 1.82) is 0 Å². The van der Waals surface area contributed by atoms with Gasteiger partial charge in [-0.3, -0.25) is 4.79 Å². The second-order valence-electron chi connectivity index (χ2n) is 4.82. The highest BCUT2D eigenvalue weighted by Crippen LogP contribution is 2.29. The minimum atomic E-state index is -0.489. The fourth-order valence-electron chi connectivity index (χ4n) is 2.08. The topological polar surface area (TPSA) is 60.5 Å². The highest BCUT2D eigenvalue weighted by atomic mass is 32.1. The summed E-state index contributed by atoms with van der Waals surface area (Å²) in [6.07, 6.45) is 2.11. The Morgan fingerprint density at radius 3 is 3.00 bits per heavy atom. The summed E-state index contributed by atoms with van der Waals surface area (Å²) in [5.74, 6) is -0.518. The van der Waals surface area contributed by atoms with E-state index >= 15 is 0 Å². The molecule has 0 spiro atoms. The van der Waals surface area contributed by atoms with Crippen molar-refractivity contribution in [2.45, 2.75) is 19.1 Å². The molecule has 1 aromatic heterocycles. The number of halogens is 1. The molecule has 0 atom stereocenters. The molecule has 5 nitrogen and oxygen atoms in total. The number of anilines is 1. The van der Waals surface area contributed by atoms with E-state index in [1.807, 2.05) is 0 Å². The van der Waals surface area contributed by atoms with Crippen LogP contribution in [0.4, 0.5) is 9.52 Å². The summed E-state index contributed by atoms with van der Waals surface area (Å²) in [5, 5.41) is 3.18. The molecule has 1 saturated heterocycles. The lowest BCUT2D eigenvalue weighted by Gasteiger charge is -2.22. The number of ether oxygens (including phenoxy) is 2. The van der Waals surface area contributed by atoms with Crippen LogP contribution in [0, 0.1) is 5.82 Å². The maximum absolute atomic E-state index is 13.2. The molecule has 1 N–H and O–H groups in total. The Balaban J connectivity index is 1.60. The maximum atomic E-state index is 13.2. The zero-order valence-electron chi connectivity index (χ0n) is 11.8. The van der Waals surface area contributed by atoms with E-state index in [-0.39, 0.29) is 18.1 Å². The SMILES string of the molecule is O=C(CC1OCCCO1)Nc1ncc(-c2cccc(F)c2)s1. The van der Waals surface area contributed by atoms with Gasteiger partial charge in [-0.05, 0) is 24.1 Å². The highest BCUT2D eigenvalue weighted by Gasteiger charge is 2.19. The third kappa shape index (κ3) is 3.88. The molecule has 7 heteroatoms. The molecule has 22 heavy (non-hydrogen) atoms. The molecule has 0 unspecified atom stereocenters. The third-order valence-electron chi connectivity index (χ3n) is 3.11. The minimum absolute atomic E-state index is 0.134. The van der Waals surface area contributed by atoms with Gasteiger partial charge in [-0.15, -0.1) is 0 Å². The number of thiazole rings is 1. The van der Waals surface area contributed by atoms with Crippen molar-refractivity contribution in [3.63, 3.8) is 0 Å². The van der Waals surface area contributed by atoms with E-state index in [1.54, 1.807) is 18.3 Å². The van der Waals surface area contributed by atoms with Crippen molar-refractivity contribution >= 4 is 22.4 Å². The van der Waals surface area contributed by atoms with E-state index in [2.05, 4.69) is 10.3 Å². The van der Waals surface area contributed by atoms with Crippen LogP contribution < -0.4 is 5.32 Å². The summed E-state index contributed by atoms with van der Waals surface area (Å²) in [6.45, 7) is 1.22. The van der Waals surface area contributed by atoms with Crippen molar-refractivity contribution in [1.82, 2.24) is 4.98 Å². The fraction of sp³-hybridized carbons (Fsp3) is 0.333. The molecular formula is C15H15FN2O3S. The van der Waals surface area contributed by atoms with Crippen molar-refractivity contribution in [3.05, 3.63) is 36.3 Å². The van der Waals surface area contributed by atoms with Crippen LogP contribution in [0.3, 0.4) is 0 Å². The molecule has 116 valence electrons. The van der Waals surface area contributed by atoms with Gasteiger partial charge >= 0.3 is 0 Å². The van der Waals surface area contributed by atoms with Gasteiger partial charge in [0.1, 0.15) is 5.82 Å². The molecule has 1 aliphatic heterocycles. The molecule has 2 aromatic rings. The maximum Gasteiger partial charge on any atom is 0.231 e. The molecule has 1 aromatic carbocycles. The average Bonchev–Trinajstić information content (AvgIpc) is 2.96. The summed E-state index contributed by atoms with van der Waals surface area (Å²) >= 11 is 1.29. The summed E-state index contributed by atoms with van der Waals surface area (Å²) in [4.78, 5) is 16.8. The molecular weight excluding hydrogens is 307 g/mol. The number of carbonyl (C=O) groups excluding carboxylic acids is 1. The molecule has 1 fully saturated rings. The van der Waals surface area contributed by atoms with Gasteiger partial charge in [0.25, 0.3) is 0 Å². The van der Waals surface area contributed by atoms with Crippen molar-refractivity contribution in [3.8, 4) is 10.4 Å².